The summed E-state index contributed by atoms with van der Waals surface area (Å²) < 4.78 is 0. The second kappa shape index (κ2) is 6.44. The Morgan fingerprint density at radius 1 is 1.00 bits per heavy atom. The monoisotopic (exact) mass is 174 g/mol. The van der Waals surface area contributed by atoms with Crippen LogP contribution in [0.1, 0.15) is 46.5 Å². The zero-order chi connectivity index (χ0) is 9.56. The second-order valence-corrected chi connectivity index (χ2v) is 3.74. The van der Waals surface area contributed by atoms with Crippen LogP contribution in [0.5, 0.6) is 0 Å². The fourth-order valence-electron chi connectivity index (χ4n) is 1.17. The maximum Gasteiger partial charge on any atom is 0.0540 e. The quantitative estimate of drug-likeness (QED) is 0.646. The van der Waals surface area contributed by atoms with Crippen molar-refractivity contribution in [1.82, 2.24) is 0 Å². The molecule has 0 rings (SSSR count). The molecule has 3 unspecified atom stereocenters. The molecule has 2 heteroatoms. The minimum Gasteiger partial charge on any atom is -0.393 e. The molecule has 2 nitrogen and oxygen atoms in total. The molecule has 0 spiro atoms. The van der Waals surface area contributed by atoms with Crippen LogP contribution in [0.25, 0.3) is 0 Å². The van der Waals surface area contributed by atoms with E-state index in [9.17, 15) is 10.2 Å². The molecule has 0 amide bonds. The van der Waals surface area contributed by atoms with Gasteiger partial charge in [-0.1, -0.05) is 20.3 Å². The van der Waals surface area contributed by atoms with Crippen LogP contribution in [0.15, 0.2) is 0 Å². The van der Waals surface area contributed by atoms with Gasteiger partial charge in [-0.3, -0.25) is 0 Å². The molecular formula is C10H22O2. The Labute approximate surface area is 75.6 Å². The number of hydrogen-bond acceptors (Lipinski definition) is 2. The topological polar surface area (TPSA) is 40.5 Å². The van der Waals surface area contributed by atoms with E-state index in [1.807, 2.05) is 6.92 Å². The minimum atomic E-state index is -0.251. The molecule has 0 fully saturated rings. The maximum absolute atomic E-state index is 9.40. The first kappa shape index (κ1) is 11.9. The maximum atomic E-state index is 9.40. The Balaban J connectivity index is 3.40. The van der Waals surface area contributed by atoms with E-state index in [-0.39, 0.29) is 12.2 Å². The van der Waals surface area contributed by atoms with Gasteiger partial charge in [0, 0.05) is 0 Å². The lowest BCUT2D eigenvalue weighted by Gasteiger charge is -2.16. The van der Waals surface area contributed by atoms with Gasteiger partial charge >= 0.3 is 0 Å². The lowest BCUT2D eigenvalue weighted by molar-refractivity contribution is 0.103. The molecule has 0 aliphatic rings. The van der Waals surface area contributed by atoms with Crippen LogP contribution in [-0.2, 0) is 0 Å². The van der Waals surface area contributed by atoms with Crippen LogP contribution < -0.4 is 0 Å². The highest BCUT2D eigenvalue weighted by Gasteiger charge is 2.10. The van der Waals surface area contributed by atoms with E-state index in [0.29, 0.717) is 5.92 Å². The summed E-state index contributed by atoms with van der Waals surface area (Å²) in [7, 11) is 0. The zero-order valence-electron chi connectivity index (χ0n) is 8.45. The first-order chi connectivity index (χ1) is 5.57. The average molecular weight is 174 g/mol. The van der Waals surface area contributed by atoms with Gasteiger partial charge in [0.15, 0.2) is 0 Å². The Morgan fingerprint density at radius 3 is 2.00 bits per heavy atom. The molecule has 0 radical (unpaired) electrons. The van der Waals surface area contributed by atoms with Gasteiger partial charge in [-0.15, -0.1) is 0 Å². The standard InChI is InChI=1S/C10H22O2/c1-4-5-10(12)7-6-8(2)9(3)11/h8-12H,4-7H2,1-3H3. The van der Waals surface area contributed by atoms with Crippen molar-refractivity contribution < 1.29 is 10.2 Å². The van der Waals surface area contributed by atoms with E-state index in [0.717, 1.165) is 25.7 Å². The van der Waals surface area contributed by atoms with Crippen LogP contribution in [0.4, 0.5) is 0 Å². The van der Waals surface area contributed by atoms with Crippen molar-refractivity contribution in [2.45, 2.75) is 58.7 Å². The van der Waals surface area contributed by atoms with Crippen molar-refractivity contribution in [2.24, 2.45) is 5.92 Å². The smallest absolute Gasteiger partial charge is 0.0540 e. The van der Waals surface area contributed by atoms with E-state index in [1.165, 1.54) is 0 Å². The third-order valence-electron chi connectivity index (χ3n) is 2.40. The number of hydrogen-bond donors (Lipinski definition) is 2. The molecule has 2 N–H and O–H groups in total. The second-order valence-electron chi connectivity index (χ2n) is 3.74. The molecule has 0 saturated heterocycles. The largest absolute Gasteiger partial charge is 0.393 e. The Bertz CT molecular complexity index is 102. The zero-order valence-corrected chi connectivity index (χ0v) is 8.45. The van der Waals surface area contributed by atoms with Crippen molar-refractivity contribution in [3.8, 4) is 0 Å². The highest BCUT2D eigenvalue weighted by molar-refractivity contribution is 4.62. The Morgan fingerprint density at radius 2 is 1.58 bits per heavy atom. The van der Waals surface area contributed by atoms with Gasteiger partial charge in [0.1, 0.15) is 0 Å². The SMILES string of the molecule is CCCC(O)CCC(C)C(C)O. The summed E-state index contributed by atoms with van der Waals surface area (Å²) in [5.74, 6) is 0.302. The first-order valence-electron chi connectivity index (χ1n) is 4.94. The number of aliphatic hydroxyl groups is 2. The van der Waals surface area contributed by atoms with Crippen molar-refractivity contribution in [2.75, 3.05) is 0 Å². The summed E-state index contributed by atoms with van der Waals surface area (Å²) in [5.41, 5.74) is 0. The third kappa shape index (κ3) is 5.56. The highest BCUT2D eigenvalue weighted by Crippen LogP contribution is 2.13. The van der Waals surface area contributed by atoms with Gasteiger partial charge < -0.3 is 10.2 Å². The van der Waals surface area contributed by atoms with E-state index in [2.05, 4.69) is 6.92 Å². The molecule has 0 aromatic heterocycles. The Kier molecular flexibility index (Phi) is 6.39. The van der Waals surface area contributed by atoms with Gasteiger partial charge in [-0.2, -0.15) is 0 Å². The van der Waals surface area contributed by atoms with Gasteiger partial charge in [0.2, 0.25) is 0 Å². The van der Waals surface area contributed by atoms with Crippen LogP contribution in [0.3, 0.4) is 0 Å². The van der Waals surface area contributed by atoms with E-state index >= 15 is 0 Å². The lowest BCUT2D eigenvalue weighted by atomic mass is 9.97. The van der Waals surface area contributed by atoms with Gasteiger partial charge in [-0.05, 0) is 32.1 Å². The van der Waals surface area contributed by atoms with Gasteiger partial charge in [-0.25, -0.2) is 0 Å². The Hall–Kier alpha value is -0.0800. The van der Waals surface area contributed by atoms with E-state index in [1.54, 1.807) is 6.92 Å². The summed E-state index contributed by atoms with van der Waals surface area (Å²) >= 11 is 0. The summed E-state index contributed by atoms with van der Waals surface area (Å²) in [6, 6.07) is 0. The van der Waals surface area contributed by atoms with Crippen LogP contribution in [0.2, 0.25) is 0 Å². The van der Waals surface area contributed by atoms with Gasteiger partial charge in [0.05, 0.1) is 12.2 Å². The van der Waals surface area contributed by atoms with Crippen molar-refractivity contribution in [1.29, 1.82) is 0 Å². The van der Waals surface area contributed by atoms with E-state index in [4.69, 9.17) is 0 Å². The molecule has 74 valence electrons. The third-order valence-corrected chi connectivity index (χ3v) is 2.40. The molecule has 0 aromatic rings. The molecular weight excluding hydrogens is 152 g/mol. The fraction of sp³-hybridized carbons (Fsp3) is 1.00. The minimum absolute atomic E-state index is 0.170. The van der Waals surface area contributed by atoms with Crippen molar-refractivity contribution >= 4 is 0 Å². The molecule has 0 aliphatic heterocycles. The van der Waals surface area contributed by atoms with Crippen molar-refractivity contribution in [3.63, 3.8) is 0 Å². The predicted molar refractivity (Wildman–Crippen MR) is 51.0 cm³/mol. The van der Waals surface area contributed by atoms with Crippen LogP contribution >= 0.6 is 0 Å². The normalized spacial score (nSPS) is 18.8. The highest BCUT2D eigenvalue weighted by atomic mass is 16.3. The summed E-state index contributed by atoms with van der Waals surface area (Å²) in [6.45, 7) is 5.89. The fourth-order valence-corrected chi connectivity index (χ4v) is 1.17. The number of rotatable bonds is 6. The summed E-state index contributed by atoms with van der Waals surface area (Å²) in [6.07, 6.45) is 3.23. The molecule has 0 bridgehead atoms. The summed E-state index contributed by atoms with van der Waals surface area (Å²) in [5, 5.41) is 18.6. The predicted octanol–water partition coefficient (Wildman–Crippen LogP) is 1.94. The summed E-state index contributed by atoms with van der Waals surface area (Å²) in [4.78, 5) is 0. The van der Waals surface area contributed by atoms with Crippen molar-refractivity contribution in [3.05, 3.63) is 0 Å². The molecule has 3 atom stereocenters. The molecule has 0 aromatic carbocycles. The van der Waals surface area contributed by atoms with Crippen LogP contribution in [0, 0.1) is 5.92 Å². The van der Waals surface area contributed by atoms with Gasteiger partial charge in [0.25, 0.3) is 0 Å². The van der Waals surface area contributed by atoms with Crippen LogP contribution in [-0.4, -0.2) is 22.4 Å². The number of aliphatic hydroxyl groups excluding tert-OH is 2. The lowest BCUT2D eigenvalue weighted by Crippen LogP contribution is -2.16. The van der Waals surface area contributed by atoms with E-state index < -0.39 is 0 Å². The molecule has 0 heterocycles. The molecule has 0 saturated carbocycles. The molecule has 0 aliphatic carbocycles. The molecule has 12 heavy (non-hydrogen) atoms. The average Bonchev–Trinajstić information content (AvgIpc) is 2.00. The first-order valence-corrected chi connectivity index (χ1v) is 4.94.